The summed E-state index contributed by atoms with van der Waals surface area (Å²) in [6.45, 7) is 0.474. The minimum absolute atomic E-state index is 0.0305. The zero-order valence-corrected chi connectivity index (χ0v) is 16.8. The van der Waals surface area contributed by atoms with Crippen molar-refractivity contribution in [1.82, 2.24) is 19.9 Å². The highest BCUT2D eigenvalue weighted by Crippen LogP contribution is 2.24. The lowest BCUT2D eigenvalue weighted by atomic mass is 10.3. The Hall–Kier alpha value is -2.91. The summed E-state index contributed by atoms with van der Waals surface area (Å²) in [5, 5.41) is 11.5. The van der Waals surface area contributed by atoms with Crippen molar-refractivity contribution in [3.05, 3.63) is 52.9 Å². The van der Waals surface area contributed by atoms with Gasteiger partial charge in [0.2, 0.25) is 4.96 Å². The van der Waals surface area contributed by atoms with Crippen LogP contribution >= 0.6 is 22.7 Å². The molecule has 0 bridgehead atoms. The molecule has 1 amide bonds. The standard InChI is InChI=1S/C19H18N4O3S2/c1-25-14-4-6-15(7-5-14)26-11-17(24)20-9-8-13-12-28-19-21-18(22-23(13)19)16-3-2-10-27-16/h2-7,10,12H,8-9,11H2,1H3,(H,20,24). The predicted molar refractivity (Wildman–Crippen MR) is 109 cm³/mol. The van der Waals surface area contributed by atoms with Crippen LogP contribution in [0.1, 0.15) is 5.69 Å². The number of thiophene rings is 1. The first-order valence-corrected chi connectivity index (χ1v) is 10.4. The van der Waals surface area contributed by atoms with Crippen molar-refractivity contribution in [1.29, 1.82) is 0 Å². The van der Waals surface area contributed by atoms with Gasteiger partial charge in [0.1, 0.15) is 11.5 Å². The molecule has 0 atom stereocenters. The van der Waals surface area contributed by atoms with Crippen LogP contribution in [-0.4, -0.2) is 40.8 Å². The van der Waals surface area contributed by atoms with Crippen LogP contribution in [0.2, 0.25) is 0 Å². The van der Waals surface area contributed by atoms with E-state index >= 15 is 0 Å². The molecule has 0 aliphatic carbocycles. The monoisotopic (exact) mass is 414 g/mol. The quantitative estimate of drug-likeness (QED) is 0.479. The molecule has 0 spiro atoms. The highest BCUT2D eigenvalue weighted by molar-refractivity contribution is 7.15. The number of carbonyl (C=O) groups excluding carboxylic acids is 1. The van der Waals surface area contributed by atoms with Gasteiger partial charge in [-0.25, -0.2) is 4.52 Å². The topological polar surface area (TPSA) is 77.8 Å². The number of nitrogens with zero attached hydrogens (tertiary/aromatic N) is 3. The van der Waals surface area contributed by atoms with Crippen LogP contribution in [0.25, 0.3) is 15.7 Å². The highest BCUT2D eigenvalue weighted by Gasteiger charge is 2.12. The average Bonchev–Trinajstić information content (AvgIpc) is 3.44. The molecule has 9 heteroatoms. The normalized spacial score (nSPS) is 10.9. The number of fused-ring (bicyclic) bond motifs is 1. The number of carbonyl (C=O) groups is 1. The molecular formula is C19H18N4O3S2. The van der Waals surface area contributed by atoms with Crippen LogP contribution in [0.5, 0.6) is 11.5 Å². The van der Waals surface area contributed by atoms with Crippen molar-refractivity contribution in [3.8, 4) is 22.2 Å². The number of methoxy groups -OCH3 is 1. The number of aromatic nitrogens is 3. The summed E-state index contributed by atoms with van der Waals surface area (Å²) in [5.41, 5.74) is 1.02. The lowest BCUT2D eigenvalue weighted by Gasteiger charge is -2.08. The number of amides is 1. The van der Waals surface area contributed by atoms with Gasteiger partial charge in [-0.1, -0.05) is 6.07 Å². The summed E-state index contributed by atoms with van der Waals surface area (Å²) in [4.78, 5) is 18.5. The molecule has 3 heterocycles. The van der Waals surface area contributed by atoms with E-state index in [9.17, 15) is 4.79 Å². The summed E-state index contributed by atoms with van der Waals surface area (Å²) in [5.74, 6) is 1.94. The number of hydrogen-bond acceptors (Lipinski definition) is 7. The van der Waals surface area contributed by atoms with Crippen molar-refractivity contribution in [2.75, 3.05) is 20.3 Å². The Morgan fingerprint density at radius 3 is 2.75 bits per heavy atom. The summed E-state index contributed by atoms with van der Waals surface area (Å²) < 4.78 is 12.4. The van der Waals surface area contributed by atoms with Crippen molar-refractivity contribution in [2.45, 2.75) is 6.42 Å². The zero-order chi connectivity index (χ0) is 19.3. The molecule has 4 rings (SSSR count). The minimum atomic E-state index is -0.167. The number of ether oxygens (including phenoxy) is 2. The van der Waals surface area contributed by atoms with Crippen LogP contribution in [0.4, 0.5) is 0 Å². The van der Waals surface area contributed by atoms with Gasteiger partial charge >= 0.3 is 0 Å². The first-order valence-electron chi connectivity index (χ1n) is 8.63. The molecule has 0 fully saturated rings. The Kier molecular flexibility index (Phi) is 5.54. The van der Waals surface area contributed by atoms with E-state index < -0.39 is 0 Å². The number of thiazole rings is 1. The maximum absolute atomic E-state index is 12.0. The Balaban J connectivity index is 1.28. The molecule has 28 heavy (non-hydrogen) atoms. The molecule has 0 radical (unpaired) electrons. The third-order valence-corrected chi connectivity index (χ3v) is 5.75. The van der Waals surface area contributed by atoms with Crippen molar-refractivity contribution >= 4 is 33.5 Å². The predicted octanol–water partition coefficient (Wildman–Crippen LogP) is 3.27. The maximum atomic E-state index is 12.0. The van der Waals surface area contributed by atoms with Gasteiger partial charge in [-0.2, -0.15) is 4.98 Å². The zero-order valence-electron chi connectivity index (χ0n) is 15.1. The Labute approximate surface area is 169 Å². The fourth-order valence-corrected chi connectivity index (χ4v) is 4.12. The van der Waals surface area contributed by atoms with Gasteiger partial charge in [-0.3, -0.25) is 4.79 Å². The van der Waals surface area contributed by atoms with Crippen LogP contribution in [0, 0.1) is 0 Å². The first-order chi connectivity index (χ1) is 13.7. The van der Waals surface area contributed by atoms with E-state index in [1.165, 1.54) is 0 Å². The van der Waals surface area contributed by atoms with Gasteiger partial charge in [0, 0.05) is 18.3 Å². The highest BCUT2D eigenvalue weighted by atomic mass is 32.1. The molecule has 0 unspecified atom stereocenters. The number of hydrogen-bond donors (Lipinski definition) is 1. The molecule has 1 aromatic carbocycles. The van der Waals surface area contributed by atoms with E-state index in [1.54, 1.807) is 54.0 Å². The molecule has 7 nitrogen and oxygen atoms in total. The lowest BCUT2D eigenvalue weighted by molar-refractivity contribution is -0.123. The Morgan fingerprint density at radius 1 is 1.18 bits per heavy atom. The van der Waals surface area contributed by atoms with Gasteiger partial charge in [0.15, 0.2) is 12.4 Å². The minimum Gasteiger partial charge on any atom is -0.497 e. The number of benzene rings is 1. The molecule has 3 aromatic heterocycles. The van der Waals surface area contributed by atoms with E-state index in [1.807, 2.05) is 27.4 Å². The first kappa shape index (κ1) is 18.5. The second-order valence-corrected chi connectivity index (χ2v) is 7.68. The molecule has 0 saturated carbocycles. The summed E-state index contributed by atoms with van der Waals surface area (Å²) in [6, 6.07) is 11.1. The largest absolute Gasteiger partial charge is 0.497 e. The molecule has 0 aliphatic rings. The van der Waals surface area contributed by atoms with Gasteiger partial charge in [-0.15, -0.1) is 27.8 Å². The average molecular weight is 415 g/mol. The van der Waals surface area contributed by atoms with E-state index in [0.717, 1.165) is 27.1 Å². The second kappa shape index (κ2) is 8.41. The van der Waals surface area contributed by atoms with E-state index in [-0.39, 0.29) is 12.5 Å². The van der Waals surface area contributed by atoms with Gasteiger partial charge in [0.25, 0.3) is 5.91 Å². The van der Waals surface area contributed by atoms with E-state index in [4.69, 9.17) is 9.47 Å². The van der Waals surface area contributed by atoms with E-state index in [2.05, 4.69) is 15.4 Å². The molecule has 144 valence electrons. The number of nitrogens with one attached hydrogen (secondary N) is 1. The van der Waals surface area contributed by atoms with Gasteiger partial charge in [-0.05, 0) is 35.7 Å². The van der Waals surface area contributed by atoms with Crippen LogP contribution in [0.15, 0.2) is 47.2 Å². The Morgan fingerprint density at radius 2 is 2.00 bits per heavy atom. The van der Waals surface area contributed by atoms with Gasteiger partial charge in [0.05, 0.1) is 17.7 Å². The summed E-state index contributed by atoms with van der Waals surface area (Å²) in [7, 11) is 1.60. The molecule has 1 N–H and O–H groups in total. The Bertz CT molecular complexity index is 1050. The molecule has 4 aromatic rings. The third-order valence-electron chi connectivity index (χ3n) is 4.02. The SMILES string of the molecule is COc1ccc(OCC(=O)NCCc2csc3nc(-c4cccs4)nn23)cc1. The van der Waals surface area contributed by atoms with E-state index in [0.29, 0.717) is 18.7 Å². The smallest absolute Gasteiger partial charge is 0.257 e. The maximum Gasteiger partial charge on any atom is 0.257 e. The lowest BCUT2D eigenvalue weighted by Crippen LogP contribution is -2.30. The number of rotatable bonds is 8. The third kappa shape index (κ3) is 4.15. The molecular weight excluding hydrogens is 396 g/mol. The van der Waals surface area contributed by atoms with Crippen molar-refractivity contribution in [3.63, 3.8) is 0 Å². The van der Waals surface area contributed by atoms with Crippen molar-refractivity contribution in [2.24, 2.45) is 0 Å². The second-order valence-electron chi connectivity index (χ2n) is 5.90. The summed E-state index contributed by atoms with van der Waals surface area (Å²) in [6.07, 6.45) is 0.668. The van der Waals surface area contributed by atoms with Crippen LogP contribution in [-0.2, 0) is 11.2 Å². The summed E-state index contributed by atoms with van der Waals surface area (Å²) >= 11 is 3.16. The molecule has 0 aliphatic heterocycles. The van der Waals surface area contributed by atoms with Crippen LogP contribution < -0.4 is 14.8 Å². The molecule has 0 saturated heterocycles. The fourth-order valence-electron chi connectivity index (χ4n) is 2.61. The van der Waals surface area contributed by atoms with Gasteiger partial charge < -0.3 is 14.8 Å². The van der Waals surface area contributed by atoms with Crippen molar-refractivity contribution < 1.29 is 14.3 Å². The fraction of sp³-hybridized carbons (Fsp3) is 0.211. The van der Waals surface area contributed by atoms with Crippen LogP contribution in [0.3, 0.4) is 0 Å².